The molecule has 2 aromatic carbocycles. The van der Waals surface area contributed by atoms with Crippen LogP contribution in [0.15, 0.2) is 60.7 Å². The van der Waals surface area contributed by atoms with Crippen LogP contribution in [0.2, 0.25) is 0 Å². The molecule has 0 aromatic heterocycles. The lowest BCUT2D eigenvalue weighted by Crippen LogP contribution is -2.37. The third-order valence-corrected chi connectivity index (χ3v) is 6.35. The number of nitrogens with one attached hydrogen (secondary N) is 2. The van der Waals surface area contributed by atoms with E-state index < -0.39 is 0 Å². The van der Waals surface area contributed by atoms with Crippen LogP contribution in [0.3, 0.4) is 0 Å². The molecule has 6 heteroatoms. The summed E-state index contributed by atoms with van der Waals surface area (Å²) in [5.41, 5.74) is 2.61. The van der Waals surface area contributed by atoms with Crippen LogP contribution >= 0.6 is 48.0 Å². The molecule has 0 radical (unpaired) electrons. The molecule has 2 aromatic rings. The molecule has 1 aliphatic rings. The van der Waals surface area contributed by atoms with Gasteiger partial charge in [-0.1, -0.05) is 60.7 Å². The minimum absolute atomic E-state index is 0. The summed E-state index contributed by atoms with van der Waals surface area (Å²) in [6.07, 6.45) is 4.54. The van der Waals surface area contributed by atoms with Gasteiger partial charge in [0, 0.05) is 13.1 Å². The first kappa shape index (κ1) is 25.6. The van der Waals surface area contributed by atoms with Gasteiger partial charge in [-0.3, -0.25) is 10.6 Å². The standard InChI is InChI=1S/C22H28Cl2N2.2ClH/c23-21(25-15-17-7-3-1-4-8-17)19-11-13-20(14-12-19)22(24)26-16-18-9-5-2-6-10-18;;/h1-10,19-22,25-26H,11-16H2;2*1H/t19-,20-,21?,22?;;. The molecular formula is C22H30Cl4N2. The Labute approximate surface area is 191 Å². The minimum Gasteiger partial charge on any atom is -0.297 e. The third-order valence-electron chi connectivity index (χ3n) is 5.33. The van der Waals surface area contributed by atoms with Crippen LogP contribution in [0.1, 0.15) is 36.8 Å². The van der Waals surface area contributed by atoms with E-state index in [0.29, 0.717) is 11.8 Å². The average molecular weight is 464 g/mol. The van der Waals surface area contributed by atoms with E-state index in [1.807, 2.05) is 12.1 Å². The Kier molecular flexibility index (Phi) is 12.5. The Hall–Kier alpha value is -0.480. The quantitative estimate of drug-likeness (QED) is 0.352. The maximum Gasteiger partial charge on any atom is 0.0856 e. The first-order chi connectivity index (χ1) is 12.7. The topological polar surface area (TPSA) is 24.1 Å². The predicted molar refractivity (Wildman–Crippen MR) is 126 cm³/mol. The van der Waals surface area contributed by atoms with Gasteiger partial charge in [0.25, 0.3) is 0 Å². The second-order valence-corrected chi connectivity index (χ2v) is 8.15. The smallest absolute Gasteiger partial charge is 0.0856 e. The first-order valence-electron chi connectivity index (χ1n) is 9.55. The van der Waals surface area contributed by atoms with Crippen molar-refractivity contribution in [3.05, 3.63) is 71.8 Å². The highest BCUT2D eigenvalue weighted by atomic mass is 35.5. The lowest BCUT2D eigenvalue weighted by Gasteiger charge is -2.34. The van der Waals surface area contributed by atoms with Crippen LogP contribution in [0.4, 0.5) is 0 Å². The van der Waals surface area contributed by atoms with Crippen molar-refractivity contribution in [1.29, 1.82) is 0 Å². The zero-order valence-corrected chi connectivity index (χ0v) is 19.0. The molecule has 156 valence electrons. The molecule has 2 atom stereocenters. The van der Waals surface area contributed by atoms with Crippen molar-refractivity contribution >= 4 is 48.0 Å². The lowest BCUT2D eigenvalue weighted by molar-refractivity contribution is 0.236. The summed E-state index contributed by atoms with van der Waals surface area (Å²) < 4.78 is 0. The summed E-state index contributed by atoms with van der Waals surface area (Å²) >= 11 is 13.2. The van der Waals surface area contributed by atoms with Crippen LogP contribution in [0, 0.1) is 11.8 Å². The molecule has 1 fully saturated rings. The van der Waals surface area contributed by atoms with Gasteiger partial charge in [0.1, 0.15) is 0 Å². The van der Waals surface area contributed by atoms with E-state index in [1.54, 1.807) is 0 Å². The van der Waals surface area contributed by atoms with E-state index in [4.69, 9.17) is 23.2 Å². The van der Waals surface area contributed by atoms with Crippen molar-refractivity contribution < 1.29 is 0 Å². The highest BCUT2D eigenvalue weighted by Gasteiger charge is 2.29. The number of benzene rings is 2. The van der Waals surface area contributed by atoms with Gasteiger partial charge in [-0.2, -0.15) is 0 Å². The second kappa shape index (κ2) is 13.7. The fourth-order valence-electron chi connectivity index (χ4n) is 3.69. The maximum absolute atomic E-state index is 6.62. The molecule has 0 amide bonds. The van der Waals surface area contributed by atoms with Crippen molar-refractivity contribution in [2.75, 3.05) is 0 Å². The fourth-order valence-corrected chi connectivity index (χ4v) is 4.34. The molecule has 1 saturated carbocycles. The van der Waals surface area contributed by atoms with E-state index in [-0.39, 0.29) is 35.8 Å². The Morgan fingerprint density at radius 3 is 1.29 bits per heavy atom. The Balaban J connectivity index is 0.00000196. The van der Waals surface area contributed by atoms with Gasteiger partial charge >= 0.3 is 0 Å². The van der Waals surface area contributed by atoms with E-state index in [2.05, 4.69) is 59.2 Å². The zero-order valence-electron chi connectivity index (χ0n) is 15.9. The van der Waals surface area contributed by atoms with Crippen molar-refractivity contribution in [2.24, 2.45) is 11.8 Å². The lowest BCUT2D eigenvalue weighted by atomic mass is 9.81. The van der Waals surface area contributed by atoms with Gasteiger partial charge in [-0.25, -0.2) is 0 Å². The molecule has 0 spiro atoms. The molecule has 2 N–H and O–H groups in total. The van der Waals surface area contributed by atoms with E-state index in [9.17, 15) is 0 Å². The largest absolute Gasteiger partial charge is 0.297 e. The van der Waals surface area contributed by atoms with Crippen LogP contribution in [-0.2, 0) is 13.1 Å². The number of hydrogen-bond acceptors (Lipinski definition) is 2. The highest BCUT2D eigenvalue weighted by Crippen LogP contribution is 2.34. The van der Waals surface area contributed by atoms with Crippen LogP contribution < -0.4 is 10.6 Å². The number of alkyl halides is 2. The van der Waals surface area contributed by atoms with Crippen molar-refractivity contribution in [1.82, 2.24) is 10.6 Å². The maximum atomic E-state index is 6.62. The summed E-state index contributed by atoms with van der Waals surface area (Å²) in [6, 6.07) is 20.9. The monoisotopic (exact) mass is 462 g/mol. The summed E-state index contributed by atoms with van der Waals surface area (Å²) in [5, 5.41) is 6.95. The molecule has 1 aliphatic carbocycles. The van der Waals surface area contributed by atoms with Gasteiger partial charge in [0.05, 0.1) is 11.0 Å². The number of rotatable bonds is 8. The number of halogens is 4. The molecule has 0 heterocycles. The van der Waals surface area contributed by atoms with Gasteiger partial charge in [-0.05, 0) is 48.6 Å². The second-order valence-electron chi connectivity index (χ2n) is 7.21. The van der Waals surface area contributed by atoms with Gasteiger partial charge in [0.2, 0.25) is 0 Å². The molecule has 2 nitrogen and oxygen atoms in total. The Morgan fingerprint density at radius 1 is 0.643 bits per heavy atom. The van der Waals surface area contributed by atoms with E-state index in [1.165, 1.54) is 11.1 Å². The molecule has 0 bridgehead atoms. The molecule has 3 rings (SSSR count). The van der Waals surface area contributed by atoms with Crippen molar-refractivity contribution in [2.45, 2.75) is 49.8 Å². The fraction of sp³-hybridized carbons (Fsp3) is 0.455. The minimum atomic E-state index is 0. The van der Waals surface area contributed by atoms with E-state index >= 15 is 0 Å². The summed E-state index contributed by atoms with van der Waals surface area (Å²) in [7, 11) is 0. The average Bonchev–Trinajstić information content (AvgIpc) is 2.72. The summed E-state index contributed by atoms with van der Waals surface area (Å²) in [4.78, 5) is 0. The molecule has 2 unspecified atom stereocenters. The summed E-state index contributed by atoms with van der Waals surface area (Å²) in [5.74, 6) is 1.05. The first-order valence-corrected chi connectivity index (χ1v) is 10.4. The molecular weight excluding hydrogens is 434 g/mol. The van der Waals surface area contributed by atoms with E-state index in [0.717, 1.165) is 38.8 Å². The Morgan fingerprint density at radius 2 is 0.964 bits per heavy atom. The third kappa shape index (κ3) is 8.10. The van der Waals surface area contributed by atoms with Crippen molar-refractivity contribution in [3.63, 3.8) is 0 Å². The van der Waals surface area contributed by atoms with Gasteiger partial charge < -0.3 is 0 Å². The molecule has 0 aliphatic heterocycles. The predicted octanol–water partition coefficient (Wildman–Crippen LogP) is 6.35. The van der Waals surface area contributed by atoms with Gasteiger partial charge in [0.15, 0.2) is 0 Å². The van der Waals surface area contributed by atoms with Gasteiger partial charge in [-0.15, -0.1) is 48.0 Å². The van der Waals surface area contributed by atoms with Crippen LogP contribution in [0.5, 0.6) is 0 Å². The van der Waals surface area contributed by atoms with Crippen LogP contribution in [-0.4, -0.2) is 11.0 Å². The Bertz CT molecular complexity index is 576. The zero-order chi connectivity index (χ0) is 18.2. The SMILES string of the molecule is Cl.Cl.ClC(NCc1ccccc1)[C@H]1CC[C@H](C(Cl)NCc2ccccc2)CC1. The number of hydrogen-bond donors (Lipinski definition) is 2. The highest BCUT2D eigenvalue weighted by molar-refractivity contribution is 6.20. The molecule has 0 saturated heterocycles. The summed E-state index contributed by atoms with van der Waals surface area (Å²) in [6.45, 7) is 1.65. The van der Waals surface area contributed by atoms with Crippen molar-refractivity contribution in [3.8, 4) is 0 Å². The van der Waals surface area contributed by atoms with Crippen LogP contribution in [0.25, 0.3) is 0 Å². The normalized spacial score (nSPS) is 21.1. The molecule has 28 heavy (non-hydrogen) atoms.